The van der Waals surface area contributed by atoms with Crippen molar-refractivity contribution >= 4 is 5.97 Å². The Bertz CT molecular complexity index is 710. The molecule has 1 atom stereocenters. The average molecular weight is 385 g/mol. The summed E-state index contributed by atoms with van der Waals surface area (Å²) in [6.45, 7) is 6.98. The Morgan fingerprint density at radius 2 is 1.68 bits per heavy atom. The Kier molecular flexibility index (Phi) is 8.52. The normalized spacial score (nSPS) is 12.4. The lowest BCUT2D eigenvalue weighted by molar-refractivity contribution is -0.889. The summed E-state index contributed by atoms with van der Waals surface area (Å²) in [4.78, 5) is 12.7. The number of unbranched alkanes of at least 4 members (excludes halogenated alkanes) is 1. The number of carbonyl (C=O) groups is 1. The van der Waals surface area contributed by atoms with E-state index in [1.54, 1.807) is 12.1 Å². The van der Waals surface area contributed by atoms with Gasteiger partial charge < -0.3 is 14.0 Å². The van der Waals surface area contributed by atoms with E-state index in [2.05, 4.69) is 27.9 Å². The molecule has 0 fully saturated rings. The Morgan fingerprint density at radius 3 is 2.29 bits per heavy atom. The van der Waals surface area contributed by atoms with Gasteiger partial charge in [0.2, 0.25) is 0 Å². The van der Waals surface area contributed by atoms with Crippen molar-refractivity contribution in [1.29, 1.82) is 0 Å². The highest BCUT2D eigenvalue weighted by Crippen LogP contribution is 2.24. The van der Waals surface area contributed by atoms with E-state index in [9.17, 15) is 4.79 Å². The van der Waals surface area contributed by atoms with Gasteiger partial charge in [-0.25, -0.2) is 4.79 Å². The first-order valence-electron chi connectivity index (χ1n) is 10.3. The second kappa shape index (κ2) is 10.9. The van der Waals surface area contributed by atoms with Crippen LogP contribution in [-0.4, -0.2) is 44.2 Å². The first-order valence-corrected chi connectivity index (χ1v) is 10.3. The highest BCUT2D eigenvalue weighted by atomic mass is 16.5. The summed E-state index contributed by atoms with van der Waals surface area (Å²) < 4.78 is 12.5. The minimum absolute atomic E-state index is 0.252. The van der Waals surface area contributed by atoms with Crippen molar-refractivity contribution in [3.63, 3.8) is 0 Å². The van der Waals surface area contributed by atoms with Gasteiger partial charge in [-0.2, -0.15) is 0 Å². The summed E-state index contributed by atoms with van der Waals surface area (Å²) in [5.41, 5.74) is 1.58. The Labute approximate surface area is 169 Å². The molecule has 2 aromatic carbocycles. The average Bonchev–Trinajstić information content (AvgIpc) is 2.72. The van der Waals surface area contributed by atoms with Crippen LogP contribution in [0.3, 0.4) is 0 Å². The third-order valence-corrected chi connectivity index (χ3v) is 5.13. The highest BCUT2D eigenvalue weighted by molar-refractivity contribution is 5.89. The van der Waals surface area contributed by atoms with E-state index in [4.69, 9.17) is 9.47 Å². The quantitative estimate of drug-likeness (QED) is 0.301. The summed E-state index contributed by atoms with van der Waals surface area (Å²) in [6.07, 6.45) is 2.65. The monoisotopic (exact) mass is 384 g/mol. The number of nitrogens with zero attached hydrogens (tertiary/aromatic N) is 1. The van der Waals surface area contributed by atoms with Gasteiger partial charge in [0.15, 0.2) is 0 Å². The number of hydrogen-bond donors (Lipinski definition) is 0. The molecule has 2 aromatic rings. The molecule has 0 aliphatic heterocycles. The fourth-order valence-electron chi connectivity index (χ4n) is 2.81. The van der Waals surface area contributed by atoms with E-state index >= 15 is 0 Å². The first-order chi connectivity index (χ1) is 13.4. The van der Waals surface area contributed by atoms with Gasteiger partial charge in [0.1, 0.15) is 11.9 Å². The maximum atomic E-state index is 12.7. The lowest BCUT2D eigenvalue weighted by Crippen LogP contribution is -2.40. The predicted octanol–water partition coefficient (Wildman–Crippen LogP) is 5.25. The molecule has 0 spiro atoms. The maximum absolute atomic E-state index is 12.7. The zero-order valence-electron chi connectivity index (χ0n) is 17.7. The molecular weight excluding hydrogens is 350 g/mol. The molecule has 0 saturated carbocycles. The van der Waals surface area contributed by atoms with Crippen molar-refractivity contribution in [3.8, 4) is 5.75 Å². The van der Waals surface area contributed by atoms with Crippen molar-refractivity contribution in [1.82, 2.24) is 0 Å². The summed E-state index contributed by atoms with van der Waals surface area (Å²) in [7, 11) is 4.39. The first kappa shape index (κ1) is 22.0. The minimum Gasteiger partial charge on any atom is -0.494 e. The van der Waals surface area contributed by atoms with E-state index in [1.807, 2.05) is 42.5 Å². The van der Waals surface area contributed by atoms with Crippen molar-refractivity contribution < 1.29 is 18.8 Å². The predicted molar refractivity (Wildman–Crippen MR) is 114 cm³/mol. The van der Waals surface area contributed by atoms with Crippen LogP contribution in [0.25, 0.3) is 0 Å². The molecule has 0 unspecified atom stereocenters. The number of quaternary nitrogens is 1. The molecule has 0 aromatic heterocycles. The molecule has 4 nitrogen and oxygen atoms in total. The van der Waals surface area contributed by atoms with Crippen LogP contribution in [0.15, 0.2) is 54.6 Å². The van der Waals surface area contributed by atoms with Crippen LogP contribution in [0, 0.1) is 0 Å². The van der Waals surface area contributed by atoms with Gasteiger partial charge in [-0.3, -0.25) is 0 Å². The number of carbonyl (C=O) groups excluding carboxylic acids is 1. The third kappa shape index (κ3) is 7.01. The Morgan fingerprint density at radius 1 is 1.00 bits per heavy atom. The summed E-state index contributed by atoms with van der Waals surface area (Å²) in [5.74, 6) is 0.488. The van der Waals surface area contributed by atoms with E-state index < -0.39 is 0 Å². The van der Waals surface area contributed by atoms with Gasteiger partial charge in [-0.1, -0.05) is 43.7 Å². The molecule has 2 rings (SSSR count). The molecule has 0 radical (unpaired) electrons. The minimum atomic E-state index is -0.296. The Balaban J connectivity index is 2.05. The lowest BCUT2D eigenvalue weighted by Gasteiger charge is -2.30. The number of rotatable bonds is 11. The fourth-order valence-corrected chi connectivity index (χ4v) is 2.81. The molecule has 4 heteroatoms. The molecule has 0 amide bonds. The standard InChI is InChI=1S/C24H34NO3/c1-5-7-19-27-22-15-13-21(14-16-22)24(26)28-23(17-18-25(3,4)6-2)20-11-9-8-10-12-20/h8-16,23H,5-7,17-19H2,1-4H3/q+1/t23-/m1/s1. The molecular formula is C24H34NO3+. The second-order valence-electron chi connectivity index (χ2n) is 7.80. The second-order valence-corrected chi connectivity index (χ2v) is 7.80. The van der Waals surface area contributed by atoms with Crippen molar-refractivity contribution in [2.75, 3.05) is 33.8 Å². The topological polar surface area (TPSA) is 35.5 Å². The van der Waals surface area contributed by atoms with Crippen LogP contribution in [0.2, 0.25) is 0 Å². The summed E-state index contributed by atoms with van der Waals surface area (Å²) in [6, 6.07) is 17.2. The summed E-state index contributed by atoms with van der Waals surface area (Å²) >= 11 is 0. The molecule has 0 N–H and O–H groups in total. The van der Waals surface area contributed by atoms with Gasteiger partial charge in [-0.15, -0.1) is 0 Å². The van der Waals surface area contributed by atoms with E-state index in [-0.39, 0.29) is 12.1 Å². The van der Waals surface area contributed by atoms with Gasteiger partial charge in [0.25, 0.3) is 0 Å². The molecule has 0 aliphatic carbocycles. The van der Waals surface area contributed by atoms with Crippen LogP contribution in [0.1, 0.15) is 55.1 Å². The maximum Gasteiger partial charge on any atom is 0.338 e. The molecule has 0 aliphatic rings. The van der Waals surface area contributed by atoms with E-state index in [1.165, 1.54) is 0 Å². The number of benzene rings is 2. The molecule has 152 valence electrons. The number of esters is 1. The van der Waals surface area contributed by atoms with Crippen molar-refractivity contribution in [2.24, 2.45) is 0 Å². The van der Waals surface area contributed by atoms with Crippen LogP contribution < -0.4 is 4.74 Å². The van der Waals surface area contributed by atoms with Gasteiger partial charge in [0.05, 0.1) is 39.4 Å². The molecule has 28 heavy (non-hydrogen) atoms. The van der Waals surface area contributed by atoms with Crippen LogP contribution in [-0.2, 0) is 4.74 Å². The van der Waals surface area contributed by atoms with Gasteiger partial charge in [0, 0.05) is 6.42 Å². The third-order valence-electron chi connectivity index (χ3n) is 5.13. The van der Waals surface area contributed by atoms with Crippen LogP contribution in [0.4, 0.5) is 0 Å². The molecule has 0 bridgehead atoms. The Hall–Kier alpha value is -2.33. The van der Waals surface area contributed by atoms with Gasteiger partial charge >= 0.3 is 5.97 Å². The SMILES string of the molecule is CCCCOc1ccc(C(=O)O[C@H](CC[N+](C)(C)CC)c2ccccc2)cc1. The van der Waals surface area contributed by atoms with Crippen molar-refractivity contribution in [2.45, 2.75) is 39.2 Å². The fraction of sp³-hybridized carbons (Fsp3) is 0.458. The number of ether oxygens (including phenoxy) is 2. The largest absolute Gasteiger partial charge is 0.494 e. The van der Waals surface area contributed by atoms with Crippen molar-refractivity contribution in [3.05, 3.63) is 65.7 Å². The van der Waals surface area contributed by atoms with Crippen LogP contribution >= 0.6 is 0 Å². The van der Waals surface area contributed by atoms with Gasteiger partial charge in [-0.05, 0) is 43.2 Å². The van der Waals surface area contributed by atoms with E-state index in [0.717, 1.165) is 48.1 Å². The molecule has 0 saturated heterocycles. The van der Waals surface area contributed by atoms with E-state index in [0.29, 0.717) is 12.2 Å². The zero-order valence-corrected chi connectivity index (χ0v) is 17.7. The highest BCUT2D eigenvalue weighted by Gasteiger charge is 2.22. The lowest BCUT2D eigenvalue weighted by atomic mass is 10.1. The van der Waals surface area contributed by atoms with Crippen LogP contribution in [0.5, 0.6) is 5.75 Å². The zero-order chi connectivity index (χ0) is 20.4. The smallest absolute Gasteiger partial charge is 0.338 e. The summed E-state index contributed by atoms with van der Waals surface area (Å²) in [5, 5.41) is 0. The molecule has 0 heterocycles. The number of hydrogen-bond acceptors (Lipinski definition) is 3.